The van der Waals surface area contributed by atoms with Crippen LogP contribution >= 0.6 is 0 Å². The third kappa shape index (κ3) is 2.29. The molecule has 5 heteroatoms. The Kier molecular flexibility index (Phi) is 3.15. The van der Waals surface area contributed by atoms with Crippen molar-refractivity contribution in [1.82, 2.24) is 15.2 Å². The van der Waals surface area contributed by atoms with Crippen LogP contribution in [0.5, 0.6) is 0 Å². The van der Waals surface area contributed by atoms with Gasteiger partial charge in [0.1, 0.15) is 11.9 Å². The van der Waals surface area contributed by atoms with Crippen molar-refractivity contribution in [3.05, 3.63) is 41.9 Å². The lowest BCUT2D eigenvalue weighted by Crippen LogP contribution is -2.34. The molecule has 0 spiro atoms. The van der Waals surface area contributed by atoms with Gasteiger partial charge in [-0.05, 0) is 37.5 Å². The molecule has 96 valence electrons. The molecule has 2 aromatic rings. The number of piperidine rings is 1. The molecule has 1 atom stereocenters. The van der Waals surface area contributed by atoms with Gasteiger partial charge in [0.15, 0.2) is 0 Å². The second-order valence-corrected chi connectivity index (χ2v) is 4.73. The fourth-order valence-electron chi connectivity index (χ4n) is 2.60. The number of H-pyrrole nitrogens is 1. The average Bonchev–Trinajstić information content (AvgIpc) is 3.01. The molecule has 1 N–H and O–H groups in total. The van der Waals surface area contributed by atoms with Crippen LogP contribution in [0.2, 0.25) is 0 Å². The zero-order valence-electron chi connectivity index (χ0n) is 10.6. The van der Waals surface area contributed by atoms with Crippen LogP contribution in [0.1, 0.15) is 36.6 Å². The van der Waals surface area contributed by atoms with Gasteiger partial charge in [0.25, 0.3) is 0 Å². The highest BCUT2D eigenvalue weighted by atomic mass is 15.2. The molecule has 0 aromatic carbocycles. The summed E-state index contributed by atoms with van der Waals surface area (Å²) in [5.74, 6) is 0.929. The van der Waals surface area contributed by atoms with Crippen LogP contribution < -0.4 is 4.90 Å². The molecule has 3 rings (SSSR count). The largest absolute Gasteiger partial charge is 0.348 e. The molecule has 1 saturated heterocycles. The predicted octanol–water partition coefficient (Wildman–Crippen LogP) is 2.41. The van der Waals surface area contributed by atoms with Crippen LogP contribution in [0.4, 0.5) is 5.82 Å². The van der Waals surface area contributed by atoms with E-state index in [1.54, 1.807) is 12.4 Å². The summed E-state index contributed by atoms with van der Waals surface area (Å²) < 4.78 is 0. The van der Waals surface area contributed by atoms with Crippen molar-refractivity contribution in [1.29, 1.82) is 5.26 Å². The second kappa shape index (κ2) is 5.11. The maximum absolute atomic E-state index is 8.82. The number of nitrogens with one attached hydrogen (secondary N) is 1. The number of anilines is 1. The standard InChI is InChI=1S/C14H15N5/c15-9-11-4-5-14(16-10-11)19-8-2-1-3-13(19)12-6-7-17-18-12/h4-7,10,13H,1-3,8H2,(H,17,18). The van der Waals surface area contributed by atoms with E-state index < -0.39 is 0 Å². The molecule has 0 radical (unpaired) electrons. The molecular formula is C14H15N5. The van der Waals surface area contributed by atoms with Gasteiger partial charge in [-0.2, -0.15) is 10.4 Å². The normalized spacial score (nSPS) is 19.1. The Morgan fingerprint density at radius 2 is 2.26 bits per heavy atom. The summed E-state index contributed by atoms with van der Waals surface area (Å²) in [7, 11) is 0. The molecule has 0 amide bonds. The van der Waals surface area contributed by atoms with Gasteiger partial charge in [0.2, 0.25) is 0 Å². The molecule has 0 aliphatic carbocycles. The fourth-order valence-corrected chi connectivity index (χ4v) is 2.60. The number of pyridine rings is 1. The molecule has 19 heavy (non-hydrogen) atoms. The topological polar surface area (TPSA) is 68.6 Å². The van der Waals surface area contributed by atoms with Crippen molar-refractivity contribution in [2.24, 2.45) is 0 Å². The summed E-state index contributed by atoms with van der Waals surface area (Å²) in [5.41, 5.74) is 1.73. The van der Waals surface area contributed by atoms with E-state index in [9.17, 15) is 0 Å². The van der Waals surface area contributed by atoms with Crippen LogP contribution in [0, 0.1) is 11.3 Å². The van der Waals surface area contributed by atoms with Gasteiger partial charge in [-0.3, -0.25) is 5.10 Å². The van der Waals surface area contributed by atoms with Crippen LogP contribution in [0.25, 0.3) is 0 Å². The van der Waals surface area contributed by atoms with E-state index in [2.05, 4.69) is 26.2 Å². The van der Waals surface area contributed by atoms with E-state index in [1.165, 1.54) is 12.8 Å². The third-order valence-corrected chi connectivity index (χ3v) is 3.56. The highest BCUT2D eigenvalue weighted by Crippen LogP contribution is 2.32. The molecule has 1 aliphatic rings. The first-order valence-electron chi connectivity index (χ1n) is 6.50. The quantitative estimate of drug-likeness (QED) is 0.892. The number of nitrogens with zero attached hydrogens (tertiary/aromatic N) is 4. The highest BCUT2D eigenvalue weighted by molar-refractivity contribution is 5.44. The van der Waals surface area contributed by atoms with Crippen LogP contribution in [0.15, 0.2) is 30.6 Å². The first-order chi connectivity index (χ1) is 9.38. The lowest BCUT2D eigenvalue weighted by atomic mass is 9.99. The summed E-state index contributed by atoms with van der Waals surface area (Å²) in [6, 6.07) is 8.17. The summed E-state index contributed by atoms with van der Waals surface area (Å²) in [6.07, 6.45) is 6.91. The van der Waals surface area contributed by atoms with Crippen molar-refractivity contribution in [3.8, 4) is 6.07 Å². The number of aromatic nitrogens is 3. The van der Waals surface area contributed by atoms with Crippen molar-refractivity contribution < 1.29 is 0 Å². The zero-order valence-corrected chi connectivity index (χ0v) is 10.6. The lowest BCUT2D eigenvalue weighted by Gasteiger charge is -2.36. The Labute approximate surface area is 111 Å². The number of hydrogen-bond acceptors (Lipinski definition) is 4. The van der Waals surface area contributed by atoms with Gasteiger partial charge in [-0.25, -0.2) is 4.98 Å². The van der Waals surface area contributed by atoms with Gasteiger partial charge in [-0.1, -0.05) is 0 Å². The lowest BCUT2D eigenvalue weighted by molar-refractivity contribution is 0.461. The van der Waals surface area contributed by atoms with Crippen LogP contribution in [-0.4, -0.2) is 21.7 Å². The van der Waals surface area contributed by atoms with Gasteiger partial charge in [0.05, 0.1) is 17.3 Å². The summed E-state index contributed by atoms with van der Waals surface area (Å²) >= 11 is 0. The van der Waals surface area contributed by atoms with Gasteiger partial charge < -0.3 is 4.90 Å². The van der Waals surface area contributed by atoms with Gasteiger partial charge in [-0.15, -0.1) is 0 Å². The molecule has 0 bridgehead atoms. The second-order valence-electron chi connectivity index (χ2n) is 4.73. The van der Waals surface area contributed by atoms with E-state index in [0.29, 0.717) is 11.6 Å². The molecular weight excluding hydrogens is 238 g/mol. The summed E-state index contributed by atoms with van der Waals surface area (Å²) in [5, 5.41) is 15.9. The molecule has 1 fully saturated rings. The summed E-state index contributed by atoms with van der Waals surface area (Å²) in [4.78, 5) is 6.69. The molecule has 3 heterocycles. The minimum absolute atomic E-state index is 0.302. The third-order valence-electron chi connectivity index (χ3n) is 3.56. The van der Waals surface area contributed by atoms with Crippen LogP contribution in [-0.2, 0) is 0 Å². The Balaban J connectivity index is 1.89. The first-order valence-corrected chi connectivity index (χ1v) is 6.50. The predicted molar refractivity (Wildman–Crippen MR) is 71.5 cm³/mol. The maximum atomic E-state index is 8.82. The average molecular weight is 253 g/mol. The minimum atomic E-state index is 0.302. The van der Waals surface area contributed by atoms with Gasteiger partial charge >= 0.3 is 0 Å². The fraction of sp³-hybridized carbons (Fsp3) is 0.357. The molecule has 2 aromatic heterocycles. The smallest absolute Gasteiger partial charge is 0.129 e. The van der Waals surface area contributed by atoms with E-state index in [1.807, 2.05) is 18.2 Å². The van der Waals surface area contributed by atoms with Crippen molar-refractivity contribution >= 4 is 5.82 Å². The number of hydrogen-bond donors (Lipinski definition) is 1. The highest BCUT2D eigenvalue weighted by Gasteiger charge is 2.25. The summed E-state index contributed by atoms with van der Waals surface area (Å²) in [6.45, 7) is 0.989. The number of aromatic amines is 1. The van der Waals surface area contributed by atoms with Crippen LogP contribution in [0.3, 0.4) is 0 Å². The molecule has 0 saturated carbocycles. The van der Waals surface area contributed by atoms with E-state index in [-0.39, 0.29) is 0 Å². The SMILES string of the molecule is N#Cc1ccc(N2CCCCC2c2ccn[nH]2)nc1. The number of nitriles is 1. The monoisotopic (exact) mass is 253 g/mol. The van der Waals surface area contributed by atoms with Crippen molar-refractivity contribution in [2.75, 3.05) is 11.4 Å². The molecule has 5 nitrogen and oxygen atoms in total. The zero-order chi connectivity index (χ0) is 13.1. The Bertz CT molecular complexity index is 567. The van der Waals surface area contributed by atoms with E-state index >= 15 is 0 Å². The Hall–Kier alpha value is -2.35. The molecule has 1 unspecified atom stereocenters. The van der Waals surface area contributed by atoms with Gasteiger partial charge in [0, 0.05) is 18.9 Å². The number of rotatable bonds is 2. The molecule has 1 aliphatic heterocycles. The van der Waals surface area contributed by atoms with E-state index in [0.717, 1.165) is 24.5 Å². The minimum Gasteiger partial charge on any atom is -0.348 e. The Morgan fingerprint density at radius 3 is 2.95 bits per heavy atom. The maximum Gasteiger partial charge on any atom is 0.129 e. The Morgan fingerprint density at radius 1 is 1.32 bits per heavy atom. The first kappa shape index (κ1) is 11.7. The van der Waals surface area contributed by atoms with Crippen molar-refractivity contribution in [3.63, 3.8) is 0 Å². The van der Waals surface area contributed by atoms with E-state index in [4.69, 9.17) is 5.26 Å². The van der Waals surface area contributed by atoms with Crippen molar-refractivity contribution in [2.45, 2.75) is 25.3 Å².